The molecule has 0 aliphatic carbocycles. The molecule has 1 rings (SSSR count). The molecule has 104 valence electrons. The van der Waals surface area contributed by atoms with E-state index in [0.29, 0.717) is 6.04 Å². The first-order valence-electron chi connectivity index (χ1n) is 6.59. The van der Waals surface area contributed by atoms with Crippen LogP contribution >= 0.6 is 22.9 Å². The van der Waals surface area contributed by atoms with Crippen LogP contribution in [0.2, 0.25) is 4.34 Å². The second-order valence-electron chi connectivity index (χ2n) is 5.13. The molecule has 1 aromatic rings. The monoisotopic (exact) mass is 288 g/mol. The molecule has 4 heteroatoms. The van der Waals surface area contributed by atoms with Gasteiger partial charge in [0.05, 0.1) is 4.34 Å². The highest BCUT2D eigenvalue weighted by atomic mass is 35.5. The first-order valence-corrected chi connectivity index (χ1v) is 7.78. The van der Waals surface area contributed by atoms with Crippen LogP contribution in [0.1, 0.15) is 32.1 Å². The van der Waals surface area contributed by atoms with Gasteiger partial charge in [0, 0.05) is 16.5 Å². The zero-order valence-electron chi connectivity index (χ0n) is 12.1. The molecule has 18 heavy (non-hydrogen) atoms. The highest BCUT2D eigenvalue weighted by Gasteiger charge is 2.34. The fourth-order valence-electron chi connectivity index (χ4n) is 2.30. The van der Waals surface area contributed by atoms with Gasteiger partial charge in [-0.3, -0.25) is 0 Å². The van der Waals surface area contributed by atoms with Gasteiger partial charge in [0.1, 0.15) is 0 Å². The summed E-state index contributed by atoms with van der Waals surface area (Å²) in [6.45, 7) is 7.74. The molecular weight excluding hydrogens is 264 g/mol. The first-order chi connectivity index (χ1) is 8.43. The molecule has 0 saturated carbocycles. The van der Waals surface area contributed by atoms with Gasteiger partial charge in [0.15, 0.2) is 0 Å². The number of nitrogens with one attached hydrogen (secondary N) is 1. The zero-order valence-corrected chi connectivity index (χ0v) is 13.7. The van der Waals surface area contributed by atoms with Crippen molar-refractivity contribution >= 4 is 22.9 Å². The van der Waals surface area contributed by atoms with E-state index in [-0.39, 0.29) is 5.54 Å². The quantitative estimate of drug-likeness (QED) is 0.824. The van der Waals surface area contributed by atoms with Crippen LogP contribution in [-0.2, 0) is 6.42 Å². The lowest BCUT2D eigenvalue weighted by Crippen LogP contribution is -2.57. The average Bonchev–Trinajstić information content (AvgIpc) is 2.73. The highest BCUT2D eigenvalue weighted by Crippen LogP contribution is 2.28. The molecule has 0 aromatic carbocycles. The van der Waals surface area contributed by atoms with Crippen LogP contribution in [0.15, 0.2) is 12.1 Å². The van der Waals surface area contributed by atoms with Crippen LogP contribution in [0.25, 0.3) is 0 Å². The summed E-state index contributed by atoms with van der Waals surface area (Å²) >= 11 is 7.71. The lowest BCUT2D eigenvalue weighted by atomic mass is 9.85. The lowest BCUT2D eigenvalue weighted by Gasteiger charge is -2.43. The summed E-state index contributed by atoms with van der Waals surface area (Å²) in [5.41, 5.74) is 0.159. The van der Waals surface area contributed by atoms with Crippen molar-refractivity contribution in [2.24, 2.45) is 0 Å². The molecule has 1 heterocycles. The van der Waals surface area contributed by atoms with Gasteiger partial charge in [0.25, 0.3) is 0 Å². The van der Waals surface area contributed by atoms with E-state index < -0.39 is 0 Å². The zero-order chi connectivity index (χ0) is 13.8. The minimum atomic E-state index is 0.159. The van der Waals surface area contributed by atoms with Gasteiger partial charge < -0.3 is 10.2 Å². The van der Waals surface area contributed by atoms with E-state index in [1.807, 2.05) is 6.07 Å². The number of halogens is 1. The third kappa shape index (κ3) is 3.70. The highest BCUT2D eigenvalue weighted by molar-refractivity contribution is 7.16. The van der Waals surface area contributed by atoms with E-state index in [1.54, 1.807) is 11.3 Å². The molecule has 1 aromatic heterocycles. The number of nitrogens with zero attached hydrogens (tertiary/aromatic N) is 1. The Morgan fingerprint density at radius 3 is 2.44 bits per heavy atom. The Labute approximate surface area is 120 Å². The van der Waals surface area contributed by atoms with Crippen molar-refractivity contribution < 1.29 is 0 Å². The summed E-state index contributed by atoms with van der Waals surface area (Å²) in [5, 5.41) is 3.64. The van der Waals surface area contributed by atoms with E-state index in [9.17, 15) is 0 Å². The fraction of sp³-hybridized carbons (Fsp3) is 0.714. The van der Waals surface area contributed by atoms with Crippen molar-refractivity contribution in [3.05, 3.63) is 21.3 Å². The Hall–Kier alpha value is -0.0900. The average molecular weight is 289 g/mol. The van der Waals surface area contributed by atoms with Gasteiger partial charge >= 0.3 is 0 Å². The van der Waals surface area contributed by atoms with Gasteiger partial charge in [0.2, 0.25) is 0 Å². The maximum Gasteiger partial charge on any atom is 0.0931 e. The summed E-state index contributed by atoms with van der Waals surface area (Å²) in [4.78, 5) is 3.68. The van der Waals surface area contributed by atoms with E-state index in [2.05, 4.69) is 51.1 Å². The van der Waals surface area contributed by atoms with Crippen molar-refractivity contribution in [1.82, 2.24) is 10.2 Å². The Bertz CT molecular complexity index is 364. The molecule has 0 spiro atoms. The van der Waals surface area contributed by atoms with Crippen LogP contribution < -0.4 is 5.32 Å². The topological polar surface area (TPSA) is 15.3 Å². The van der Waals surface area contributed by atoms with Crippen LogP contribution in [-0.4, -0.2) is 37.1 Å². The normalized spacial score (nSPS) is 16.8. The van der Waals surface area contributed by atoms with E-state index in [0.717, 1.165) is 23.7 Å². The number of thiophene rings is 1. The molecule has 0 aliphatic heterocycles. The van der Waals surface area contributed by atoms with Gasteiger partial charge in [-0.15, -0.1) is 11.3 Å². The maximum absolute atomic E-state index is 6.02. The molecule has 0 bridgehead atoms. The molecule has 1 N–H and O–H groups in total. The van der Waals surface area contributed by atoms with Gasteiger partial charge in [-0.1, -0.05) is 25.4 Å². The molecule has 0 radical (unpaired) electrons. The summed E-state index contributed by atoms with van der Waals surface area (Å²) < 4.78 is 0.878. The summed E-state index contributed by atoms with van der Waals surface area (Å²) in [6.07, 6.45) is 2.16. The second-order valence-corrected chi connectivity index (χ2v) is 6.92. The Kier molecular flexibility index (Phi) is 6.12. The molecule has 0 amide bonds. The number of likely N-dealkylation sites (N-methyl/N-ethyl adjacent to an activating group) is 2. The maximum atomic E-state index is 6.02. The van der Waals surface area contributed by atoms with Gasteiger partial charge in [-0.05, 0) is 52.5 Å². The van der Waals surface area contributed by atoms with Crippen molar-refractivity contribution in [3.63, 3.8) is 0 Å². The largest absolute Gasteiger partial charge is 0.312 e. The predicted octanol–water partition coefficient (Wildman–Crippen LogP) is 3.65. The van der Waals surface area contributed by atoms with Crippen LogP contribution in [0.5, 0.6) is 0 Å². The van der Waals surface area contributed by atoms with Gasteiger partial charge in [-0.2, -0.15) is 0 Å². The molecule has 0 fully saturated rings. The van der Waals surface area contributed by atoms with Crippen molar-refractivity contribution in [1.29, 1.82) is 0 Å². The SMILES string of the molecule is CCNC(Cc1ccc(Cl)s1)C(C)(CC)N(C)C. The third-order valence-electron chi connectivity index (χ3n) is 3.97. The summed E-state index contributed by atoms with van der Waals surface area (Å²) in [6, 6.07) is 4.57. The second kappa shape index (κ2) is 6.90. The minimum Gasteiger partial charge on any atom is -0.312 e. The third-order valence-corrected chi connectivity index (χ3v) is 5.23. The standard InChI is InChI=1S/C14H25ClN2S/c1-6-14(3,17(4)5)12(16-7-2)10-11-8-9-13(15)18-11/h8-9,12,16H,6-7,10H2,1-5H3. The van der Waals surface area contributed by atoms with Gasteiger partial charge in [-0.25, -0.2) is 0 Å². The van der Waals surface area contributed by atoms with Crippen molar-refractivity contribution in [2.45, 2.75) is 45.2 Å². The van der Waals surface area contributed by atoms with Crippen LogP contribution in [0.4, 0.5) is 0 Å². The minimum absolute atomic E-state index is 0.159. The predicted molar refractivity (Wildman–Crippen MR) is 82.9 cm³/mol. The Morgan fingerprint density at radius 1 is 1.39 bits per heavy atom. The van der Waals surface area contributed by atoms with Crippen LogP contribution in [0, 0.1) is 0 Å². The molecular formula is C14H25ClN2S. The Balaban J connectivity index is 2.87. The summed E-state index contributed by atoms with van der Waals surface area (Å²) in [5.74, 6) is 0. The van der Waals surface area contributed by atoms with E-state index >= 15 is 0 Å². The number of rotatable bonds is 7. The molecule has 2 unspecified atom stereocenters. The van der Waals surface area contributed by atoms with Crippen molar-refractivity contribution in [2.75, 3.05) is 20.6 Å². The van der Waals surface area contributed by atoms with Crippen molar-refractivity contribution in [3.8, 4) is 0 Å². The van der Waals surface area contributed by atoms with E-state index in [1.165, 1.54) is 4.88 Å². The number of hydrogen-bond donors (Lipinski definition) is 1. The molecule has 0 aliphatic rings. The number of hydrogen-bond acceptors (Lipinski definition) is 3. The fourth-order valence-corrected chi connectivity index (χ4v) is 3.43. The molecule has 2 nitrogen and oxygen atoms in total. The summed E-state index contributed by atoms with van der Waals surface area (Å²) in [7, 11) is 4.32. The molecule has 2 atom stereocenters. The lowest BCUT2D eigenvalue weighted by molar-refractivity contribution is 0.113. The van der Waals surface area contributed by atoms with Crippen LogP contribution in [0.3, 0.4) is 0 Å². The first kappa shape index (κ1) is 16.0. The van der Waals surface area contributed by atoms with E-state index in [4.69, 9.17) is 11.6 Å². The smallest absolute Gasteiger partial charge is 0.0931 e. The Morgan fingerprint density at radius 2 is 2.06 bits per heavy atom. The molecule has 0 saturated heterocycles.